The summed E-state index contributed by atoms with van der Waals surface area (Å²) in [5.41, 5.74) is 2.94. The maximum atomic E-state index is 12.8. The Kier molecular flexibility index (Phi) is 2.72. The van der Waals surface area contributed by atoms with E-state index in [0.717, 1.165) is 17.0 Å². The van der Waals surface area contributed by atoms with Crippen LogP contribution in [0.5, 0.6) is 0 Å². The van der Waals surface area contributed by atoms with Crippen molar-refractivity contribution in [1.82, 2.24) is 4.98 Å². The Balaban J connectivity index is 2.18. The molecule has 88 valence electrons. The second-order valence-electron chi connectivity index (χ2n) is 5.03. The van der Waals surface area contributed by atoms with Crippen LogP contribution in [0, 0.1) is 6.92 Å². The molecule has 0 amide bonds. The van der Waals surface area contributed by atoms with Gasteiger partial charge in [-0.3, -0.25) is 4.98 Å². The van der Waals surface area contributed by atoms with E-state index in [0.29, 0.717) is 5.92 Å². The summed E-state index contributed by atoms with van der Waals surface area (Å²) in [5.74, 6) is -2.06. The molecule has 1 aromatic rings. The molecule has 1 aliphatic carbocycles. The van der Waals surface area contributed by atoms with E-state index in [2.05, 4.69) is 18.8 Å². The van der Waals surface area contributed by atoms with Crippen molar-refractivity contribution >= 4 is 0 Å². The average molecular weight is 225 g/mol. The van der Waals surface area contributed by atoms with Crippen LogP contribution in [-0.2, 0) is 0 Å². The first-order valence-electron chi connectivity index (χ1n) is 5.74. The minimum absolute atomic E-state index is 0.00344. The zero-order valence-corrected chi connectivity index (χ0v) is 9.93. The van der Waals surface area contributed by atoms with Crippen LogP contribution in [0.25, 0.3) is 0 Å². The number of hydrogen-bond acceptors (Lipinski definition) is 1. The Hall–Kier alpha value is -0.990. The minimum atomic E-state index is -2.45. The molecule has 0 aromatic carbocycles. The Morgan fingerprint density at radius 3 is 2.38 bits per heavy atom. The van der Waals surface area contributed by atoms with Crippen LogP contribution in [0.15, 0.2) is 12.1 Å². The highest BCUT2D eigenvalue weighted by molar-refractivity contribution is 5.29. The van der Waals surface area contributed by atoms with E-state index in [1.807, 2.05) is 19.1 Å². The highest BCUT2D eigenvalue weighted by Crippen LogP contribution is 2.48. The van der Waals surface area contributed by atoms with E-state index < -0.39 is 5.92 Å². The summed E-state index contributed by atoms with van der Waals surface area (Å²) in [6.07, 6.45) is -0.0346. The molecule has 1 nitrogen and oxygen atoms in total. The van der Waals surface area contributed by atoms with Gasteiger partial charge in [0, 0.05) is 24.2 Å². The van der Waals surface area contributed by atoms with E-state index >= 15 is 0 Å². The topological polar surface area (TPSA) is 12.9 Å². The van der Waals surface area contributed by atoms with Gasteiger partial charge in [0.25, 0.3) is 0 Å². The number of aryl methyl sites for hydroxylation is 1. The van der Waals surface area contributed by atoms with Crippen molar-refractivity contribution in [2.75, 3.05) is 0 Å². The van der Waals surface area contributed by atoms with Crippen molar-refractivity contribution in [2.45, 2.75) is 51.4 Å². The summed E-state index contributed by atoms with van der Waals surface area (Å²) < 4.78 is 25.6. The number of nitrogens with zero attached hydrogens (tertiary/aromatic N) is 1. The largest absolute Gasteiger partial charge is 0.258 e. The number of alkyl halides is 2. The molecule has 1 heterocycles. The molecule has 1 saturated carbocycles. The zero-order valence-electron chi connectivity index (χ0n) is 9.93. The van der Waals surface area contributed by atoms with Crippen LogP contribution in [-0.4, -0.2) is 10.9 Å². The van der Waals surface area contributed by atoms with Crippen LogP contribution in [0.1, 0.15) is 55.5 Å². The van der Waals surface area contributed by atoms with Gasteiger partial charge < -0.3 is 0 Å². The summed E-state index contributed by atoms with van der Waals surface area (Å²) in [6, 6.07) is 3.93. The maximum absolute atomic E-state index is 12.8. The highest BCUT2D eigenvalue weighted by atomic mass is 19.3. The number of rotatable bonds is 2. The molecule has 3 heteroatoms. The molecule has 0 saturated heterocycles. The van der Waals surface area contributed by atoms with Gasteiger partial charge in [-0.15, -0.1) is 0 Å². The molecule has 0 spiro atoms. The van der Waals surface area contributed by atoms with Gasteiger partial charge in [0.2, 0.25) is 5.92 Å². The first-order chi connectivity index (χ1) is 7.39. The van der Waals surface area contributed by atoms with Crippen molar-refractivity contribution in [3.8, 4) is 0 Å². The average Bonchev–Trinajstić information content (AvgIpc) is 2.13. The molecule has 0 unspecified atom stereocenters. The normalized spacial score (nSPS) is 19.9. The zero-order chi connectivity index (χ0) is 11.9. The fraction of sp³-hybridized carbons (Fsp3) is 0.615. The first kappa shape index (κ1) is 11.5. The van der Waals surface area contributed by atoms with Crippen LogP contribution in [0.2, 0.25) is 0 Å². The summed E-state index contributed by atoms with van der Waals surface area (Å²) in [5, 5.41) is 0. The molecule has 2 rings (SSSR count). The standard InChI is InChI=1S/C13H17F2N/c1-8(2)12-5-4-11(9(3)16-12)10-6-13(14,15)7-10/h4-5,8,10H,6-7H2,1-3H3. The smallest absolute Gasteiger partial charge is 0.249 e. The van der Waals surface area contributed by atoms with Gasteiger partial charge in [-0.1, -0.05) is 19.9 Å². The minimum Gasteiger partial charge on any atom is -0.258 e. The molecule has 16 heavy (non-hydrogen) atoms. The summed E-state index contributed by atoms with van der Waals surface area (Å²) in [4.78, 5) is 4.48. The van der Waals surface area contributed by atoms with E-state index in [1.165, 1.54) is 0 Å². The second-order valence-corrected chi connectivity index (χ2v) is 5.03. The van der Waals surface area contributed by atoms with Gasteiger partial charge in [0.05, 0.1) is 0 Å². The van der Waals surface area contributed by atoms with E-state index in [-0.39, 0.29) is 18.8 Å². The van der Waals surface area contributed by atoms with Gasteiger partial charge in [0.15, 0.2) is 0 Å². The van der Waals surface area contributed by atoms with E-state index in [1.54, 1.807) is 0 Å². The first-order valence-corrected chi connectivity index (χ1v) is 5.74. The van der Waals surface area contributed by atoms with Gasteiger partial charge >= 0.3 is 0 Å². The maximum Gasteiger partial charge on any atom is 0.249 e. The lowest BCUT2D eigenvalue weighted by atomic mass is 9.76. The Bertz CT molecular complexity index is 391. The molecule has 0 aliphatic heterocycles. The predicted molar refractivity (Wildman–Crippen MR) is 60.0 cm³/mol. The molecule has 0 radical (unpaired) electrons. The summed E-state index contributed by atoms with van der Waals surface area (Å²) in [7, 11) is 0. The van der Waals surface area contributed by atoms with Crippen molar-refractivity contribution < 1.29 is 8.78 Å². The molecule has 1 fully saturated rings. The quantitative estimate of drug-likeness (QED) is 0.740. The Morgan fingerprint density at radius 1 is 1.31 bits per heavy atom. The highest BCUT2D eigenvalue weighted by Gasteiger charge is 2.46. The SMILES string of the molecule is Cc1nc(C(C)C)ccc1C1CC(F)(F)C1. The number of hydrogen-bond donors (Lipinski definition) is 0. The monoisotopic (exact) mass is 225 g/mol. The van der Waals surface area contributed by atoms with Crippen molar-refractivity contribution in [2.24, 2.45) is 0 Å². The summed E-state index contributed by atoms with van der Waals surface area (Å²) >= 11 is 0. The number of aromatic nitrogens is 1. The lowest BCUT2D eigenvalue weighted by Crippen LogP contribution is -2.34. The third-order valence-corrected chi connectivity index (χ3v) is 3.27. The number of pyridine rings is 1. The van der Waals surface area contributed by atoms with Gasteiger partial charge in [-0.2, -0.15) is 0 Å². The molecule has 1 aromatic heterocycles. The molecule has 0 atom stereocenters. The third kappa shape index (κ3) is 2.08. The van der Waals surface area contributed by atoms with Gasteiger partial charge in [0.1, 0.15) is 0 Å². The van der Waals surface area contributed by atoms with Crippen molar-refractivity contribution in [1.29, 1.82) is 0 Å². The molecule has 1 aliphatic rings. The fourth-order valence-electron chi connectivity index (χ4n) is 2.23. The molecule has 0 bridgehead atoms. The van der Waals surface area contributed by atoms with Gasteiger partial charge in [-0.25, -0.2) is 8.78 Å². The van der Waals surface area contributed by atoms with Crippen molar-refractivity contribution in [3.63, 3.8) is 0 Å². The predicted octanol–water partition coefficient (Wildman–Crippen LogP) is 4.03. The fourth-order valence-corrected chi connectivity index (χ4v) is 2.23. The lowest BCUT2D eigenvalue weighted by Gasteiger charge is -2.35. The number of halogens is 2. The Labute approximate surface area is 94.9 Å². The lowest BCUT2D eigenvalue weighted by molar-refractivity contribution is -0.0869. The van der Waals surface area contributed by atoms with E-state index in [4.69, 9.17) is 0 Å². The van der Waals surface area contributed by atoms with Crippen LogP contribution >= 0.6 is 0 Å². The van der Waals surface area contributed by atoms with Gasteiger partial charge in [-0.05, 0) is 30.4 Å². The molecular formula is C13H17F2N. The molecular weight excluding hydrogens is 208 g/mol. The second kappa shape index (κ2) is 3.79. The van der Waals surface area contributed by atoms with Crippen LogP contribution in [0.4, 0.5) is 8.78 Å². The van der Waals surface area contributed by atoms with Crippen molar-refractivity contribution in [3.05, 3.63) is 29.1 Å². The Morgan fingerprint density at radius 2 is 1.94 bits per heavy atom. The molecule has 0 N–H and O–H groups in total. The van der Waals surface area contributed by atoms with Crippen LogP contribution < -0.4 is 0 Å². The summed E-state index contributed by atoms with van der Waals surface area (Å²) in [6.45, 7) is 6.08. The van der Waals surface area contributed by atoms with E-state index in [9.17, 15) is 8.78 Å². The van der Waals surface area contributed by atoms with Crippen LogP contribution in [0.3, 0.4) is 0 Å². The third-order valence-electron chi connectivity index (χ3n) is 3.27.